The Morgan fingerprint density at radius 1 is 1.39 bits per heavy atom. The first kappa shape index (κ1) is 23.8. The number of benzene rings is 1. The van der Waals surface area contributed by atoms with Crippen molar-refractivity contribution in [2.24, 2.45) is 11.8 Å². The molecule has 1 heterocycles. The van der Waals surface area contributed by atoms with Gasteiger partial charge in [0.15, 0.2) is 0 Å². The van der Waals surface area contributed by atoms with Crippen molar-refractivity contribution < 1.29 is 23.1 Å². The van der Waals surface area contributed by atoms with Crippen molar-refractivity contribution in [3.63, 3.8) is 0 Å². The zero-order valence-corrected chi connectivity index (χ0v) is 19.6. The Hall–Kier alpha value is -1.90. The zero-order valence-electron chi connectivity index (χ0n) is 18.8. The lowest BCUT2D eigenvalue weighted by atomic mass is 9.84. The van der Waals surface area contributed by atoms with Crippen molar-refractivity contribution in [1.82, 2.24) is 9.21 Å². The Morgan fingerprint density at radius 2 is 2.10 bits per heavy atom. The third kappa shape index (κ3) is 4.96. The van der Waals surface area contributed by atoms with E-state index in [4.69, 9.17) is 4.74 Å². The summed E-state index contributed by atoms with van der Waals surface area (Å²) in [4.78, 5) is 14.5. The number of allylic oxidation sites excluding steroid dienone is 1. The molecule has 8 heteroatoms. The van der Waals surface area contributed by atoms with Crippen LogP contribution >= 0.6 is 0 Å². The summed E-state index contributed by atoms with van der Waals surface area (Å²) < 4.78 is 34.5. The average molecular weight is 451 g/mol. The highest BCUT2D eigenvalue weighted by Crippen LogP contribution is 2.35. The molecule has 1 aromatic carbocycles. The van der Waals surface area contributed by atoms with E-state index in [0.717, 1.165) is 24.8 Å². The topological polar surface area (TPSA) is 87.2 Å². The van der Waals surface area contributed by atoms with Gasteiger partial charge in [0.1, 0.15) is 16.7 Å². The molecule has 1 aliphatic carbocycles. The number of carbonyl (C=O) groups excluding carboxylic acids is 1. The van der Waals surface area contributed by atoms with Gasteiger partial charge in [-0.25, -0.2) is 8.42 Å². The molecule has 7 nitrogen and oxygen atoms in total. The molecular formula is C23H34N2O5S. The highest BCUT2D eigenvalue weighted by atomic mass is 32.2. The second kappa shape index (κ2) is 9.71. The van der Waals surface area contributed by atoms with Gasteiger partial charge in [-0.05, 0) is 44.4 Å². The molecule has 0 spiro atoms. The van der Waals surface area contributed by atoms with E-state index in [2.05, 4.69) is 0 Å². The lowest BCUT2D eigenvalue weighted by molar-refractivity contribution is -0.138. The van der Waals surface area contributed by atoms with E-state index in [1.165, 1.54) is 4.31 Å². The van der Waals surface area contributed by atoms with Gasteiger partial charge in [-0.3, -0.25) is 4.79 Å². The van der Waals surface area contributed by atoms with Gasteiger partial charge in [-0.15, -0.1) is 0 Å². The Bertz CT molecular complexity index is 926. The van der Waals surface area contributed by atoms with Crippen LogP contribution in [0, 0.1) is 11.8 Å². The first-order valence-corrected chi connectivity index (χ1v) is 12.4. The summed E-state index contributed by atoms with van der Waals surface area (Å²) in [7, 11) is -2.06. The van der Waals surface area contributed by atoms with Gasteiger partial charge in [-0.2, -0.15) is 4.31 Å². The molecule has 0 aromatic heterocycles. The van der Waals surface area contributed by atoms with Crippen LogP contribution in [0.15, 0.2) is 29.2 Å². The minimum Gasteiger partial charge on any atom is -0.487 e. The average Bonchev–Trinajstić information content (AvgIpc) is 2.68. The highest BCUT2D eigenvalue weighted by Gasteiger charge is 2.39. The molecule has 31 heavy (non-hydrogen) atoms. The molecule has 172 valence electrons. The fraction of sp³-hybridized carbons (Fsp3) is 0.609. The third-order valence-electron chi connectivity index (χ3n) is 6.33. The summed E-state index contributed by atoms with van der Waals surface area (Å²) >= 11 is 0. The van der Waals surface area contributed by atoms with Crippen LogP contribution in [0.4, 0.5) is 0 Å². The quantitative estimate of drug-likeness (QED) is 0.720. The van der Waals surface area contributed by atoms with E-state index in [-0.39, 0.29) is 47.6 Å². The van der Waals surface area contributed by atoms with Gasteiger partial charge in [0, 0.05) is 31.5 Å². The predicted molar refractivity (Wildman–Crippen MR) is 120 cm³/mol. The lowest BCUT2D eigenvalue weighted by Crippen LogP contribution is -2.50. The molecule has 1 fully saturated rings. The lowest BCUT2D eigenvalue weighted by Gasteiger charge is -2.38. The molecular weight excluding hydrogens is 416 g/mol. The van der Waals surface area contributed by atoms with Gasteiger partial charge in [0.05, 0.1) is 13.2 Å². The smallest absolute Gasteiger partial charge is 0.247 e. The number of likely N-dealkylation sites (N-methyl/N-ethyl adjacent to an activating group) is 1. The fourth-order valence-electron chi connectivity index (χ4n) is 4.08. The van der Waals surface area contributed by atoms with Crippen LogP contribution in [0.3, 0.4) is 0 Å². The van der Waals surface area contributed by atoms with E-state index >= 15 is 0 Å². The SMILES string of the molecule is C/C=C/c1ccc2c(c1)O[C@@H](CN(C)C(=O)C1CCC1)[C@@H](C)CN([C@@H](C)CO)S2(=O)=O. The summed E-state index contributed by atoms with van der Waals surface area (Å²) in [5.41, 5.74) is 0.837. The minimum absolute atomic E-state index is 0.0888. The number of nitrogens with zero attached hydrogens (tertiary/aromatic N) is 2. The van der Waals surface area contributed by atoms with Crippen molar-refractivity contribution in [3.05, 3.63) is 29.8 Å². The largest absolute Gasteiger partial charge is 0.487 e. The Morgan fingerprint density at radius 3 is 2.68 bits per heavy atom. The van der Waals surface area contributed by atoms with Gasteiger partial charge in [0.25, 0.3) is 0 Å². The van der Waals surface area contributed by atoms with Crippen LogP contribution in [0.25, 0.3) is 6.08 Å². The van der Waals surface area contributed by atoms with Crippen LogP contribution < -0.4 is 4.74 Å². The molecule has 0 bridgehead atoms. The summed E-state index contributed by atoms with van der Waals surface area (Å²) in [6.45, 7) is 5.83. The first-order chi connectivity index (χ1) is 14.7. The summed E-state index contributed by atoms with van der Waals surface area (Å²) in [5, 5.41) is 9.71. The van der Waals surface area contributed by atoms with Gasteiger partial charge < -0.3 is 14.7 Å². The number of aliphatic hydroxyl groups is 1. The predicted octanol–water partition coefficient (Wildman–Crippen LogP) is 2.75. The Labute approximate surface area is 185 Å². The van der Waals surface area contributed by atoms with Crippen molar-refractivity contribution >= 4 is 22.0 Å². The second-order valence-electron chi connectivity index (χ2n) is 8.79. The number of hydrogen-bond donors (Lipinski definition) is 1. The maximum Gasteiger partial charge on any atom is 0.247 e. The monoisotopic (exact) mass is 450 g/mol. The molecule has 2 aliphatic rings. The van der Waals surface area contributed by atoms with Crippen LogP contribution in [-0.4, -0.2) is 67.5 Å². The normalized spacial score (nSPS) is 25.1. The number of hydrogen-bond acceptors (Lipinski definition) is 5. The van der Waals surface area contributed by atoms with Gasteiger partial charge >= 0.3 is 0 Å². The molecule has 1 N–H and O–H groups in total. The molecule has 1 amide bonds. The maximum atomic E-state index is 13.4. The number of ether oxygens (including phenoxy) is 1. The van der Waals surface area contributed by atoms with Crippen LogP contribution in [-0.2, 0) is 14.8 Å². The summed E-state index contributed by atoms with van der Waals surface area (Å²) in [5.74, 6) is 0.319. The molecule has 0 radical (unpaired) electrons. The summed E-state index contributed by atoms with van der Waals surface area (Å²) in [6.07, 6.45) is 6.34. The minimum atomic E-state index is -3.85. The fourth-order valence-corrected chi connectivity index (χ4v) is 5.91. The third-order valence-corrected chi connectivity index (χ3v) is 8.35. The van der Waals surface area contributed by atoms with Crippen molar-refractivity contribution in [1.29, 1.82) is 0 Å². The molecule has 1 aliphatic heterocycles. The first-order valence-electron chi connectivity index (χ1n) is 11.0. The van der Waals surface area contributed by atoms with Crippen molar-refractivity contribution in [3.8, 4) is 5.75 Å². The number of carbonyl (C=O) groups is 1. The number of aliphatic hydroxyl groups excluding tert-OH is 1. The van der Waals surface area contributed by atoms with Crippen molar-refractivity contribution in [2.75, 3.05) is 26.7 Å². The standard InChI is InChI=1S/C23H34N2O5S/c1-5-7-18-10-11-22-20(12-18)30-21(14-24(4)23(27)19-8-6-9-19)16(2)13-25(17(3)15-26)31(22,28)29/h5,7,10-12,16-17,19,21,26H,6,8-9,13-15H2,1-4H3/b7-5+/t16-,17-,21-/m0/s1. The zero-order chi connectivity index (χ0) is 22.8. The Kier molecular flexibility index (Phi) is 7.44. The number of rotatable bonds is 6. The number of fused-ring (bicyclic) bond motifs is 1. The molecule has 1 aromatic rings. The second-order valence-corrected chi connectivity index (χ2v) is 10.7. The van der Waals surface area contributed by atoms with Crippen LogP contribution in [0.2, 0.25) is 0 Å². The van der Waals surface area contributed by atoms with E-state index in [9.17, 15) is 18.3 Å². The van der Waals surface area contributed by atoms with Crippen LogP contribution in [0.1, 0.15) is 45.6 Å². The number of sulfonamides is 1. The molecule has 0 saturated heterocycles. The molecule has 0 unspecified atom stereocenters. The molecule has 1 saturated carbocycles. The van der Waals surface area contributed by atoms with E-state index in [1.807, 2.05) is 26.0 Å². The van der Waals surface area contributed by atoms with E-state index in [1.54, 1.807) is 37.1 Å². The molecule has 3 rings (SSSR count). The Balaban J connectivity index is 1.99. The maximum absolute atomic E-state index is 13.4. The van der Waals surface area contributed by atoms with Gasteiger partial charge in [-0.1, -0.05) is 31.6 Å². The van der Waals surface area contributed by atoms with Crippen molar-refractivity contribution in [2.45, 2.75) is 57.1 Å². The number of amides is 1. The van der Waals surface area contributed by atoms with E-state index < -0.39 is 16.1 Å². The highest BCUT2D eigenvalue weighted by molar-refractivity contribution is 7.89. The van der Waals surface area contributed by atoms with Crippen LogP contribution in [0.5, 0.6) is 5.75 Å². The molecule has 3 atom stereocenters. The van der Waals surface area contributed by atoms with Gasteiger partial charge in [0.2, 0.25) is 15.9 Å². The summed E-state index contributed by atoms with van der Waals surface area (Å²) in [6, 6.07) is 4.47. The van der Waals surface area contributed by atoms with E-state index in [0.29, 0.717) is 6.54 Å².